The van der Waals surface area contributed by atoms with Crippen LogP contribution < -0.4 is 5.73 Å². The summed E-state index contributed by atoms with van der Waals surface area (Å²) in [5.41, 5.74) is 9.57. The fourth-order valence-corrected chi connectivity index (χ4v) is 1.68. The lowest BCUT2D eigenvalue weighted by atomic mass is 10.1. The highest BCUT2D eigenvalue weighted by Gasteiger charge is 2.04. The molecule has 0 radical (unpaired) electrons. The lowest BCUT2D eigenvalue weighted by molar-refractivity contribution is 0.996. The number of nitrogen functional groups attached to an aromatic ring is 1. The van der Waals surface area contributed by atoms with E-state index >= 15 is 0 Å². The number of hydrogen-bond donors (Lipinski definition) is 1. The van der Waals surface area contributed by atoms with Crippen LogP contribution >= 0.6 is 11.6 Å². The first-order valence-electron chi connectivity index (χ1n) is 4.97. The molecule has 0 aliphatic carbocycles. The number of anilines is 1. The standard InChI is InChI=1S/C12H12ClN3/c1-8-7-15-12(13)16-11(8)6-9-3-2-4-10(14)5-9/h2-5,7H,6,14H2,1H3. The highest BCUT2D eigenvalue weighted by molar-refractivity contribution is 6.28. The van der Waals surface area contributed by atoms with Crippen molar-refractivity contribution in [3.8, 4) is 0 Å². The Hall–Kier alpha value is -1.61. The maximum atomic E-state index is 5.77. The van der Waals surface area contributed by atoms with Crippen molar-refractivity contribution >= 4 is 17.3 Å². The molecule has 0 unspecified atom stereocenters. The molecule has 0 saturated heterocycles. The van der Waals surface area contributed by atoms with Gasteiger partial charge in [-0.3, -0.25) is 0 Å². The van der Waals surface area contributed by atoms with E-state index in [2.05, 4.69) is 9.97 Å². The molecule has 1 aromatic carbocycles. The summed E-state index contributed by atoms with van der Waals surface area (Å²) in [6.07, 6.45) is 2.45. The van der Waals surface area contributed by atoms with Gasteiger partial charge in [-0.1, -0.05) is 12.1 Å². The molecule has 0 aliphatic heterocycles. The van der Waals surface area contributed by atoms with E-state index in [0.717, 1.165) is 28.9 Å². The number of hydrogen-bond acceptors (Lipinski definition) is 3. The molecule has 1 heterocycles. The first kappa shape index (κ1) is 10.9. The van der Waals surface area contributed by atoms with Gasteiger partial charge in [-0.2, -0.15) is 0 Å². The minimum absolute atomic E-state index is 0.282. The molecule has 2 N–H and O–H groups in total. The molecule has 4 heteroatoms. The van der Waals surface area contributed by atoms with Gasteiger partial charge in [0.15, 0.2) is 0 Å². The fraction of sp³-hybridized carbons (Fsp3) is 0.167. The van der Waals surface area contributed by atoms with Crippen molar-refractivity contribution < 1.29 is 0 Å². The Kier molecular flexibility index (Phi) is 3.06. The number of nitrogens with zero attached hydrogens (tertiary/aromatic N) is 2. The molecule has 2 rings (SSSR count). The predicted molar refractivity (Wildman–Crippen MR) is 65.4 cm³/mol. The maximum Gasteiger partial charge on any atom is 0.222 e. The summed E-state index contributed by atoms with van der Waals surface area (Å²) < 4.78 is 0. The van der Waals surface area contributed by atoms with Gasteiger partial charge in [0.2, 0.25) is 5.28 Å². The van der Waals surface area contributed by atoms with Crippen molar-refractivity contribution in [2.75, 3.05) is 5.73 Å². The van der Waals surface area contributed by atoms with Crippen LogP contribution in [-0.2, 0) is 6.42 Å². The number of aryl methyl sites for hydroxylation is 1. The van der Waals surface area contributed by atoms with Crippen LogP contribution in [0.15, 0.2) is 30.5 Å². The second-order valence-corrected chi connectivity index (χ2v) is 4.03. The smallest absolute Gasteiger partial charge is 0.222 e. The zero-order valence-corrected chi connectivity index (χ0v) is 9.70. The molecular formula is C12H12ClN3. The number of benzene rings is 1. The second kappa shape index (κ2) is 4.49. The minimum Gasteiger partial charge on any atom is -0.399 e. The van der Waals surface area contributed by atoms with E-state index in [1.54, 1.807) is 6.20 Å². The summed E-state index contributed by atoms with van der Waals surface area (Å²) in [6.45, 7) is 1.97. The normalized spacial score (nSPS) is 10.4. The lowest BCUT2D eigenvalue weighted by Gasteiger charge is -2.05. The van der Waals surface area contributed by atoms with Crippen LogP contribution in [0.2, 0.25) is 5.28 Å². The van der Waals surface area contributed by atoms with E-state index in [9.17, 15) is 0 Å². The van der Waals surface area contributed by atoms with Crippen molar-refractivity contribution in [3.05, 3.63) is 52.6 Å². The molecule has 16 heavy (non-hydrogen) atoms. The largest absolute Gasteiger partial charge is 0.399 e. The van der Waals surface area contributed by atoms with Crippen molar-refractivity contribution in [2.24, 2.45) is 0 Å². The highest BCUT2D eigenvalue weighted by atomic mass is 35.5. The van der Waals surface area contributed by atoms with Gasteiger partial charge in [-0.25, -0.2) is 9.97 Å². The molecule has 0 fully saturated rings. The van der Waals surface area contributed by atoms with Crippen LogP contribution in [0.1, 0.15) is 16.8 Å². The molecular weight excluding hydrogens is 222 g/mol. The molecule has 1 aromatic heterocycles. The summed E-state index contributed by atoms with van der Waals surface area (Å²) in [5, 5.41) is 0.282. The van der Waals surface area contributed by atoms with Crippen LogP contribution in [0.25, 0.3) is 0 Å². The fourth-order valence-electron chi connectivity index (χ4n) is 1.53. The highest BCUT2D eigenvalue weighted by Crippen LogP contribution is 2.14. The Morgan fingerprint density at radius 1 is 1.38 bits per heavy atom. The van der Waals surface area contributed by atoms with Gasteiger partial charge in [-0.15, -0.1) is 0 Å². The number of nitrogens with two attached hydrogens (primary N) is 1. The average Bonchev–Trinajstić information content (AvgIpc) is 2.24. The van der Waals surface area contributed by atoms with Gasteiger partial charge >= 0.3 is 0 Å². The number of aromatic nitrogens is 2. The van der Waals surface area contributed by atoms with E-state index in [1.165, 1.54) is 0 Å². The Morgan fingerprint density at radius 2 is 2.19 bits per heavy atom. The van der Waals surface area contributed by atoms with Gasteiger partial charge < -0.3 is 5.73 Å². The zero-order chi connectivity index (χ0) is 11.5. The maximum absolute atomic E-state index is 5.77. The van der Waals surface area contributed by atoms with E-state index < -0.39 is 0 Å². The Bertz CT molecular complexity index is 511. The first-order valence-corrected chi connectivity index (χ1v) is 5.35. The molecule has 0 saturated carbocycles. The number of halogens is 1. The van der Waals surface area contributed by atoms with Gasteiger partial charge in [0.25, 0.3) is 0 Å². The summed E-state index contributed by atoms with van der Waals surface area (Å²) in [7, 11) is 0. The third kappa shape index (κ3) is 2.49. The van der Waals surface area contributed by atoms with Gasteiger partial charge in [-0.05, 0) is 41.8 Å². The Morgan fingerprint density at radius 3 is 2.94 bits per heavy atom. The van der Waals surface area contributed by atoms with Crippen LogP contribution in [0.3, 0.4) is 0 Å². The molecule has 3 nitrogen and oxygen atoms in total. The first-order chi connectivity index (χ1) is 7.65. The Balaban J connectivity index is 2.30. The van der Waals surface area contributed by atoms with Gasteiger partial charge in [0.05, 0.1) is 5.69 Å². The van der Waals surface area contributed by atoms with Crippen LogP contribution in [0.5, 0.6) is 0 Å². The number of rotatable bonds is 2. The quantitative estimate of drug-likeness (QED) is 0.641. The molecule has 0 atom stereocenters. The molecule has 0 aliphatic rings. The van der Waals surface area contributed by atoms with E-state index in [0.29, 0.717) is 0 Å². The zero-order valence-electron chi connectivity index (χ0n) is 8.94. The van der Waals surface area contributed by atoms with Crippen LogP contribution in [-0.4, -0.2) is 9.97 Å². The third-order valence-corrected chi connectivity index (χ3v) is 2.55. The second-order valence-electron chi connectivity index (χ2n) is 3.69. The van der Waals surface area contributed by atoms with E-state index in [-0.39, 0.29) is 5.28 Å². The van der Waals surface area contributed by atoms with Crippen molar-refractivity contribution in [2.45, 2.75) is 13.3 Å². The average molecular weight is 234 g/mol. The van der Waals surface area contributed by atoms with Crippen LogP contribution in [0, 0.1) is 6.92 Å². The van der Waals surface area contributed by atoms with E-state index in [1.807, 2.05) is 31.2 Å². The molecule has 0 bridgehead atoms. The SMILES string of the molecule is Cc1cnc(Cl)nc1Cc1cccc(N)c1. The van der Waals surface area contributed by atoms with Gasteiger partial charge in [0.1, 0.15) is 0 Å². The molecule has 82 valence electrons. The Labute approximate surface area is 99.3 Å². The van der Waals surface area contributed by atoms with Crippen molar-refractivity contribution in [1.29, 1.82) is 0 Å². The van der Waals surface area contributed by atoms with Gasteiger partial charge in [0, 0.05) is 18.3 Å². The van der Waals surface area contributed by atoms with Crippen LogP contribution in [0.4, 0.5) is 5.69 Å². The topological polar surface area (TPSA) is 51.8 Å². The van der Waals surface area contributed by atoms with E-state index in [4.69, 9.17) is 17.3 Å². The van der Waals surface area contributed by atoms with Crippen molar-refractivity contribution in [1.82, 2.24) is 9.97 Å². The molecule has 2 aromatic rings. The van der Waals surface area contributed by atoms with Crippen molar-refractivity contribution in [3.63, 3.8) is 0 Å². The summed E-state index contributed by atoms with van der Waals surface area (Å²) in [6, 6.07) is 7.76. The lowest BCUT2D eigenvalue weighted by Crippen LogP contribution is -1.98. The third-order valence-electron chi connectivity index (χ3n) is 2.37. The summed E-state index contributed by atoms with van der Waals surface area (Å²) in [4.78, 5) is 8.14. The molecule has 0 spiro atoms. The predicted octanol–water partition coefficient (Wildman–Crippen LogP) is 2.61. The summed E-state index contributed by atoms with van der Waals surface area (Å²) >= 11 is 5.77. The minimum atomic E-state index is 0.282. The summed E-state index contributed by atoms with van der Waals surface area (Å²) in [5.74, 6) is 0. The molecule has 0 amide bonds. The monoisotopic (exact) mass is 233 g/mol.